The van der Waals surface area contributed by atoms with Crippen LogP contribution in [0.2, 0.25) is 0 Å². The van der Waals surface area contributed by atoms with Crippen LogP contribution in [0.25, 0.3) is 0 Å². The Morgan fingerprint density at radius 3 is 2.86 bits per heavy atom. The Hall–Kier alpha value is -0.610. The maximum atomic E-state index is 9.20. The van der Waals surface area contributed by atoms with E-state index in [9.17, 15) is 5.11 Å². The minimum atomic E-state index is -0.292. The topological polar surface area (TPSA) is 42.4 Å². The van der Waals surface area contributed by atoms with Crippen LogP contribution in [0.15, 0.2) is 16.9 Å². The van der Waals surface area contributed by atoms with E-state index in [2.05, 4.69) is 20.9 Å². The molecule has 0 aliphatic rings. The van der Waals surface area contributed by atoms with Gasteiger partial charge in [0.05, 0.1) is 19.4 Å². The van der Waals surface area contributed by atoms with E-state index in [4.69, 9.17) is 4.74 Å². The third-order valence-electron chi connectivity index (χ3n) is 2.00. The fraction of sp³-hybridized carbons (Fsp3) is 0.500. The van der Waals surface area contributed by atoms with Crippen LogP contribution in [0.4, 0.5) is 0 Å². The van der Waals surface area contributed by atoms with Gasteiger partial charge in [0.2, 0.25) is 0 Å². The van der Waals surface area contributed by atoms with E-state index in [0.29, 0.717) is 0 Å². The van der Waals surface area contributed by atoms with Crippen molar-refractivity contribution in [3.05, 3.63) is 22.4 Å². The van der Waals surface area contributed by atoms with Crippen LogP contribution in [-0.4, -0.2) is 23.3 Å². The van der Waals surface area contributed by atoms with E-state index < -0.39 is 0 Å². The number of aliphatic hydroxyl groups excluding tert-OH is 1. The van der Waals surface area contributed by atoms with E-state index in [1.165, 1.54) is 0 Å². The zero-order valence-electron chi connectivity index (χ0n) is 8.33. The van der Waals surface area contributed by atoms with Crippen molar-refractivity contribution in [1.29, 1.82) is 0 Å². The van der Waals surface area contributed by atoms with Gasteiger partial charge in [-0.3, -0.25) is 4.98 Å². The van der Waals surface area contributed by atoms with Gasteiger partial charge in [-0.05, 0) is 35.7 Å². The highest BCUT2D eigenvalue weighted by atomic mass is 79.9. The second kappa shape index (κ2) is 5.32. The summed E-state index contributed by atoms with van der Waals surface area (Å²) < 4.78 is 6.11. The molecule has 0 saturated carbocycles. The molecule has 1 rings (SSSR count). The number of methoxy groups -OCH3 is 1. The summed E-state index contributed by atoms with van der Waals surface area (Å²) in [6, 6.07) is 0. The Morgan fingerprint density at radius 1 is 1.57 bits per heavy atom. The number of aromatic nitrogens is 1. The first-order chi connectivity index (χ1) is 6.65. The van der Waals surface area contributed by atoms with Crippen molar-refractivity contribution >= 4 is 15.9 Å². The normalized spacial score (nSPS) is 12.6. The van der Waals surface area contributed by atoms with Gasteiger partial charge in [0, 0.05) is 16.2 Å². The molecule has 0 bridgehead atoms. The van der Waals surface area contributed by atoms with Gasteiger partial charge < -0.3 is 9.84 Å². The van der Waals surface area contributed by atoms with Gasteiger partial charge in [0.1, 0.15) is 5.75 Å². The minimum Gasteiger partial charge on any atom is -0.495 e. The number of aliphatic hydroxyl groups is 1. The van der Waals surface area contributed by atoms with E-state index in [-0.39, 0.29) is 6.10 Å². The predicted octanol–water partition coefficient (Wildman–Crippen LogP) is 2.17. The van der Waals surface area contributed by atoms with Gasteiger partial charge in [0.25, 0.3) is 0 Å². The molecular formula is C10H14BrNO2. The van der Waals surface area contributed by atoms with Crippen molar-refractivity contribution in [3.8, 4) is 5.75 Å². The molecule has 1 aromatic heterocycles. The lowest BCUT2D eigenvalue weighted by atomic mass is 10.1. The fourth-order valence-electron chi connectivity index (χ4n) is 1.22. The number of halogens is 1. The van der Waals surface area contributed by atoms with Gasteiger partial charge in [-0.15, -0.1) is 0 Å². The van der Waals surface area contributed by atoms with Crippen molar-refractivity contribution in [3.63, 3.8) is 0 Å². The maximum absolute atomic E-state index is 9.20. The van der Waals surface area contributed by atoms with Crippen LogP contribution in [0.3, 0.4) is 0 Å². The average molecular weight is 260 g/mol. The first kappa shape index (κ1) is 11.5. The zero-order chi connectivity index (χ0) is 10.6. The van der Waals surface area contributed by atoms with Crippen molar-refractivity contribution in [2.75, 3.05) is 7.11 Å². The van der Waals surface area contributed by atoms with Gasteiger partial charge in [-0.25, -0.2) is 0 Å². The average Bonchev–Trinajstić information content (AvgIpc) is 2.15. The fourth-order valence-corrected chi connectivity index (χ4v) is 1.73. The lowest BCUT2D eigenvalue weighted by Crippen LogP contribution is -2.03. The lowest BCUT2D eigenvalue weighted by molar-refractivity contribution is 0.184. The summed E-state index contributed by atoms with van der Waals surface area (Å²) in [5.74, 6) is 0.764. The first-order valence-corrected chi connectivity index (χ1v) is 5.29. The quantitative estimate of drug-likeness (QED) is 0.902. The number of pyridine rings is 1. The molecule has 78 valence electrons. The molecule has 0 fully saturated rings. The second-order valence-corrected chi connectivity index (χ2v) is 4.04. The number of nitrogens with zero attached hydrogens (tertiary/aromatic N) is 1. The van der Waals surface area contributed by atoms with Crippen LogP contribution in [0.5, 0.6) is 5.75 Å². The molecule has 0 spiro atoms. The maximum Gasteiger partial charge on any atom is 0.141 e. The summed E-state index contributed by atoms with van der Waals surface area (Å²) in [6.45, 7) is 1.78. The molecule has 0 saturated heterocycles. The van der Waals surface area contributed by atoms with Crippen LogP contribution in [-0.2, 0) is 6.42 Å². The molecule has 3 nitrogen and oxygen atoms in total. The predicted molar refractivity (Wildman–Crippen MR) is 58.5 cm³/mol. The van der Waals surface area contributed by atoms with Gasteiger partial charge in [-0.1, -0.05) is 0 Å². The highest BCUT2D eigenvalue weighted by Crippen LogP contribution is 2.26. The first-order valence-electron chi connectivity index (χ1n) is 4.49. The van der Waals surface area contributed by atoms with Gasteiger partial charge in [-0.2, -0.15) is 0 Å². The van der Waals surface area contributed by atoms with Crippen molar-refractivity contribution in [2.24, 2.45) is 0 Å². The molecule has 1 N–H and O–H groups in total. The molecule has 1 aromatic rings. The molecule has 1 atom stereocenters. The lowest BCUT2D eigenvalue weighted by Gasteiger charge is -2.10. The van der Waals surface area contributed by atoms with E-state index in [0.717, 1.165) is 28.6 Å². The second-order valence-electron chi connectivity index (χ2n) is 3.19. The third-order valence-corrected chi connectivity index (χ3v) is 2.68. The minimum absolute atomic E-state index is 0.292. The summed E-state index contributed by atoms with van der Waals surface area (Å²) in [7, 11) is 1.62. The SMILES string of the molecule is COc1cncc(Br)c1CCC(C)O. The molecule has 0 aromatic carbocycles. The summed E-state index contributed by atoms with van der Waals surface area (Å²) in [4.78, 5) is 4.01. The van der Waals surface area contributed by atoms with Gasteiger partial charge in [0.15, 0.2) is 0 Å². The molecule has 0 amide bonds. The third kappa shape index (κ3) is 2.96. The van der Waals surface area contributed by atoms with Crippen molar-refractivity contribution in [2.45, 2.75) is 25.9 Å². The van der Waals surface area contributed by atoms with E-state index in [1.807, 2.05) is 0 Å². The smallest absolute Gasteiger partial charge is 0.141 e. The summed E-state index contributed by atoms with van der Waals surface area (Å²) in [5.41, 5.74) is 1.06. The summed E-state index contributed by atoms with van der Waals surface area (Å²) >= 11 is 3.41. The van der Waals surface area contributed by atoms with Crippen LogP contribution in [0, 0.1) is 0 Å². The Morgan fingerprint density at radius 2 is 2.29 bits per heavy atom. The van der Waals surface area contributed by atoms with Crippen LogP contribution in [0.1, 0.15) is 18.9 Å². The van der Waals surface area contributed by atoms with Gasteiger partial charge >= 0.3 is 0 Å². The molecule has 0 radical (unpaired) electrons. The molecule has 0 aliphatic carbocycles. The number of rotatable bonds is 4. The molecule has 1 heterocycles. The molecule has 4 heteroatoms. The van der Waals surface area contributed by atoms with Crippen molar-refractivity contribution in [1.82, 2.24) is 4.98 Å². The summed E-state index contributed by atoms with van der Waals surface area (Å²) in [6.07, 6.45) is 4.63. The monoisotopic (exact) mass is 259 g/mol. The summed E-state index contributed by atoms with van der Waals surface area (Å²) in [5, 5.41) is 9.20. The van der Waals surface area contributed by atoms with E-state index >= 15 is 0 Å². The number of hydrogen-bond donors (Lipinski definition) is 1. The highest BCUT2D eigenvalue weighted by Gasteiger charge is 2.08. The van der Waals surface area contributed by atoms with E-state index in [1.54, 1.807) is 26.4 Å². The largest absolute Gasteiger partial charge is 0.495 e. The van der Waals surface area contributed by atoms with Crippen LogP contribution >= 0.6 is 15.9 Å². The van der Waals surface area contributed by atoms with Crippen molar-refractivity contribution < 1.29 is 9.84 Å². The Bertz CT molecular complexity index is 302. The highest BCUT2D eigenvalue weighted by molar-refractivity contribution is 9.10. The van der Waals surface area contributed by atoms with Crippen LogP contribution < -0.4 is 4.74 Å². The Balaban J connectivity index is 2.82. The molecule has 1 unspecified atom stereocenters. The standard InChI is InChI=1S/C10H14BrNO2/c1-7(13)3-4-8-9(11)5-12-6-10(8)14-2/h5-7,13H,3-4H2,1-2H3. The zero-order valence-corrected chi connectivity index (χ0v) is 9.91. The molecular weight excluding hydrogens is 246 g/mol. The number of hydrogen-bond acceptors (Lipinski definition) is 3. The molecule has 14 heavy (non-hydrogen) atoms. The number of ether oxygens (including phenoxy) is 1. The Labute approximate surface area is 92.3 Å². The molecule has 0 aliphatic heterocycles. The Kier molecular flexibility index (Phi) is 4.35.